The highest BCUT2D eigenvalue weighted by molar-refractivity contribution is 4.84. The molecule has 42 valence electrons. The van der Waals surface area contributed by atoms with Gasteiger partial charge < -0.3 is 10.5 Å². The molecule has 2 heteroatoms. The van der Waals surface area contributed by atoms with Crippen LogP contribution in [-0.4, -0.2) is 13.2 Å². The van der Waals surface area contributed by atoms with Crippen molar-refractivity contribution in [2.75, 3.05) is 13.2 Å². The Hall–Kier alpha value is -0.500. The molecule has 0 aromatic heterocycles. The molecule has 0 saturated carbocycles. The minimum absolute atomic E-state index is 0.483. The lowest BCUT2D eigenvalue weighted by atomic mass is 10.6. The molecular weight excluding hydrogens is 90.1 g/mol. The van der Waals surface area contributed by atoms with Crippen LogP contribution in [0, 0.1) is 0 Å². The van der Waals surface area contributed by atoms with E-state index in [1.54, 1.807) is 0 Å². The second kappa shape index (κ2) is 3.68. The molecule has 0 aromatic rings. The van der Waals surface area contributed by atoms with E-state index in [-0.39, 0.29) is 0 Å². The van der Waals surface area contributed by atoms with Crippen LogP contribution in [0.3, 0.4) is 0 Å². The van der Waals surface area contributed by atoms with Gasteiger partial charge in [-0.1, -0.05) is 6.58 Å². The molecule has 0 aliphatic carbocycles. The van der Waals surface area contributed by atoms with Crippen LogP contribution in [-0.2, 0) is 4.74 Å². The summed E-state index contributed by atoms with van der Waals surface area (Å²) in [5, 5.41) is 0. The number of hydrogen-bond acceptors (Lipinski definition) is 2. The molecule has 0 fully saturated rings. The van der Waals surface area contributed by atoms with Gasteiger partial charge in [0, 0.05) is 12.3 Å². The Morgan fingerprint density at radius 3 is 2.57 bits per heavy atom. The van der Waals surface area contributed by atoms with Gasteiger partial charge in [0.1, 0.15) is 0 Å². The molecule has 0 rings (SSSR count). The molecule has 0 aliphatic rings. The van der Waals surface area contributed by atoms with E-state index < -0.39 is 0 Å². The van der Waals surface area contributed by atoms with E-state index in [0.29, 0.717) is 18.9 Å². The quantitative estimate of drug-likeness (QED) is 0.561. The van der Waals surface area contributed by atoms with Gasteiger partial charge in [-0.25, -0.2) is 0 Å². The molecule has 0 amide bonds. The molecule has 2 nitrogen and oxygen atoms in total. The van der Waals surface area contributed by atoms with E-state index in [9.17, 15) is 0 Å². The van der Waals surface area contributed by atoms with Crippen LogP contribution in [0.5, 0.6) is 0 Å². The number of rotatable bonds is 3. The summed E-state index contributed by atoms with van der Waals surface area (Å²) in [4.78, 5) is 0. The first-order valence-corrected chi connectivity index (χ1v) is 2.28. The number of hydrogen-bond donors (Lipinski definition) is 1. The molecule has 0 unspecified atom stereocenters. The molecule has 2 N–H and O–H groups in total. The van der Waals surface area contributed by atoms with E-state index in [4.69, 9.17) is 10.5 Å². The van der Waals surface area contributed by atoms with E-state index in [2.05, 4.69) is 6.58 Å². The number of ether oxygens (including phenoxy) is 1. The lowest BCUT2D eigenvalue weighted by Gasteiger charge is -1.95. The van der Waals surface area contributed by atoms with Crippen molar-refractivity contribution in [1.29, 1.82) is 0 Å². The lowest BCUT2D eigenvalue weighted by Crippen LogP contribution is -2.03. The predicted molar refractivity (Wildman–Crippen MR) is 29.8 cm³/mol. The van der Waals surface area contributed by atoms with Gasteiger partial charge in [0.25, 0.3) is 0 Å². The Kier molecular flexibility index (Phi) is 3.42. The molecule has 0 bridgehead atoms. The van der Waals surface area contributed by atoms with Crippen molar-refractivity contribution in [3.63, 3.8) is 0 Å². The summed E-state index contributed by atoms with van der Waals surface area (Å²) in [6.45, 7) is 6.55. The second-order valence-electron chi connectivity index (χ2n) is 1.30. The largest absolute Gasteiger partial charge is 0.401 e. The summed E-state index contributed by atoms with van der Waals surface area (Å²) in [5.41, 5.74) is 5.74. The van der Waals surface area contributed by atoms with Crippen molar-refractivity contribution in [3.05, 3.63) is 12.3 Å². The third-order valence-corrected chi connectivity index (χ3v) is 0.492. The van der Waals surface area contributed by atoms with Gasteiger partial charge >= 0.3 is 0 Å². The minimum atomic E-state index is 0.483. The smallest absolute Gasteiger partial charge is 0.0854 e. The Morgan fingerprint density at radius 1 is 1.86 bits per heavy atom. The van der Waals surface area contributed by atoms with Gasteiger partial charge in [0.2, 0.25) is 0 Å². The van der Waals surface area contributed by atoms with Crippen molar-refractivity contribution in [3.8, 4) is 0 Å². The average Bonchev–Trinajstić information content (AvgIpc) is 1.61. The lowest BCUT2D eigenvalue weighted by molar-refractivity contribution is 0.170. The number of nitrogens with two attached hydrogens (primary N) is 1. The van der Waals surface area contributed by atoms with E-state index in [1.807, 2.05) is 6.92 Å². The van der Waals surface area contributed by atoms with E-state index in [1.165, 1.54) is 0 Å². The van der Waals surface area contributed by atoms with Crippen molar-refractivity contribution < 1.29 is 4.74 Å². The SMILES string of the molecule is C=C(N)COCC. The predicted octanol–water partition coefficient (Wildman–Crippen LogP) is 0.495. The van der Waals surface area contributed by atoms with Crippen molar-refractivity contribution in [1.82, 2.24) is 0 Å². The zero-order valence-electron chi connectivity index (χ0n) is 4.61. The Balaban J connectivity index is 2.82. The first-order chi connectivity index (χ1) is 3.27. The van der Waals surface area contributed by atoms with Crippen molar-refractivity contribution >= 4 is 0 Å². The van der Waals surface area contributed by atoms with E-state index in [0.717, 1.165) is 0 Å². The third kappa shape index (κ3) is 5.50. The molecule has 0 atom stereocenters. The van der Waals surface area contributed by atoms with Crippen LogP contribution in [0.1, 0.15) is 6.92 Å². The zero-order chi connectivity index (χ0) is 5.70. The summed E-state index contributed by atoms with van der Waals surface area (Å²) in [7, 11) is 0. The van der Waals surface area contributed by atoms with Crippen molar-refractivity contribution in [2.45, 2.75) is 6.92 Å². The highest BCUT2D eigenvalue weighted by Gasteiger charge is 1.80. The summed E-state index contributed by atoms with van der Waals surface area (Å²) >= 11 is 0. The molecular formula is C5H11NO. The summed E-state index contributed by atoms with van der Waals surface area (Å²) in [6.07, 6.45) is 0. The normalized spacial score (nSPS) is 8.71. The highest BCUT2D eigenvalue weighted by Crippen LogP contribution is 1.77. The van der Waals surface area contributed by atoms with Gasteiger partial charge in [0.15, 0.2) is 0 Å². The van der Waals surface area contributed by atoms with Crippen LogP contribution in [0.15, 0.2) is 12.3 Å². The molecule has 0 saturated heterocycles. The summed E-state index contributed by atoms with van der Waals surface area (Å²) in [5.74, 6) is 0. The fraction of sp³-hybridized carbons (Fsp3) is 0.600. The second-order valence-corrected chi connectivity index (χ2v) is 1.30. The maximum atomic E-state index is 5.16. The maximum absolute atomic E-state index is 5.16. The first-order valence-electron chi connectivity index (χ1n) is 2.28. The molecule has 7 heavy (non-hydrogen) atoms. The van der Waals surface area contributed by atoms with Gasteiger partial charge in [0.05, 0.1) is 6.61 Å². The van der Waals surface area contributed by atoms with E-state index >= 15 is 0 Å². The van der Waals surface area contributed by atoms with Crippen LogP contribution < -0.4 is 5.73 Å². The third-order valence-electron chi connectivity index (χ3n) is 0.492. The first kappa shape index (κ1) is 6.50. The molecule has 0 heterocycles. The van der Waals surface area contributed by atoms with Gasteiger partial charge in [-0.3, -0.25) is 0 Å². The topological polar surface area (TPSA) is 35.2 Å². The summed E-state index contributed by atoms with van der Waals surface area (Å²) in [6, 6.07) is 0. The van der Waals surface area contributed by atoms with Gasteiger partial charge in [-0.2, -0.15) is 0 Å². The van der Waals surface area contributed by atoms with Crippen LogP contribution in [0.4, 0.5) is 0 Å². The average molecular weight is 101 g/mol. The molecule has 0 radical (unpaired) electrons. The highest BCUT2D eigenvalue weighted by atomic mass is 16.5. The molecule has 0 spiro atoms. The standard InChI is InChI=1S/C5H11NO/c1-3-7-4-5(2)6/h2-4,6H2,1H3. The fourth-order valence-electron chi connectivity index (χ4n) is 0.233. The minimum Gasteiger partial charge on any atom is -0.401 e. The Bertz CT molecular complexity index is 61.1. The Labute approximate surface area is 44.0 Å². The maximum Gasteiger partial charge on any atom is 0.0854 e. The zero-order valence-corrected chi connectivity index (χ0v) is 4.61. The van der Waals surface area contributed by atoms with Crippen LogP contribution in [0.25, 0.3) is 0 Å². The Morgan fingerprint density at radius 2 is 2.43 bits per heavy atom. The van der Waals surface area contributed by atoms with Crippen LogP contribution >= 0.6 is 0 Å². The molecule has 0 aliphatic heterocycles. The van der Waals surface area contributed by atoms with Gasteiger partial charge in [-0.05, 0) is 6.92 Å². The fourth-order valence-corrected chi connectivity index (χ4v) is 0.233. The summed E-state index contributed by atoms with van der Waals surface area (Å²) < 4.78 is 4.87. The monoisotopic (exact) mass is 101 g/mol. The van der Waals surface area contributed by atoms with Gasteiger partial charge in [-0.15, -0.1) is 0 Å². The van der Waals surface area contributed by atoms with Crippen LogP contribution in [0.2, 0.25) is 0 Å². The molecule has 0 aromatic carbocycles. The van der Waals surface area contributed by atoms with Crippen molar-refractivity contribution in [2.24, 2.45) is 5.73 Å².